The number of phenolic OH excluding ortho intramolecular Hbond substituents is 1. The maximum Gasteiger partial charge on any atom is 0.255 e. The number of amides is 2. The third-order valence-corrected chi connectivity index (χ3v) is 5.71. The quantitative estimate of drug-likeness (QED) is 0.616. The van der Waals surface area contributed by atoms with Crippen LogP contribution in [0.15, 0.2) is 66.7 Å². The molecule has 1 unspecified atom stereocenters. The van der Waals surface area contributed by atoms with Crippen LogP contribution in [0.1, 0.15) is 53.9 Å². The highest BCUT2D eigenvalue weighted by atomic mass is 16.3. The summed E-state index contributed by atoms with van der Waals surface area (Å²) in [5.74, 6) is -0.411. The highest BCUT2D eigenvalue weighted by molar-refractivity contribution is 6.06. The first-order valence-corrected chi connectivity index (χ1v) is 10.8. The van der Waals surface area contributed by atoms with E-state index in [1.807, 2.05) is 63.2 Å². The SMILES string of the molecule is Cc1c(O)ccc2c1C(=O)N(Cc1ccc(-c3ccccc3)cc1)C2C(=O)NC(C)(C)C. The summed E-state index contributed by atoms with van der Waals surface area (Å²) in [5, 5.41) is 13.2. The minimum absolute atomic E-state index is 0.0566. The molecule has 164 valence electrons. The maximum atomic E-state index is 13.4. The number of phenols is 1. The highest BCUT2D eigenvalue weighted by Crippen LogP contribution is 2.39. The van der Waals surface area contributed by atoms with E-state index in [4.69, 9.17) is 0 Å². The van der Waals surface area contributed by atoms with Crippen molar-refractivity contribution in [3.8, 4) is 16.9 Å². The first-order chi connectivity index (χ1) is 15.2. The molecular formula is C27H28N2O3. The molecule has 0 aromatic heterocycles. The molecule has 0 saturated heterocycles. The third-order valence-electron chi connectivity index (χ3n) is 5.71. The largest absolute Gasteiger partial charge is 0.508 e. The van der Waals surface area contributed by atoms with E-state index in [-0.39, 0.29) is 17.6 Å². The topological polar surface area (TPSA) is 69.6 Å². The Balaban J connectivity index is 1.67. The molecule has 5 heteroatoms. The number of benzene rings is 3. The molecule has 3 aromatic rings. The Bertz CT molecular complexity index is 1160. The molecule has 2 N–H and O–H groups in total. The van der Waals surface area contributed by atoms with Crippen LogP contribution in [0, 0.1) is 6.92 Å². The molecule has 0 bridgehead atoms. The minimum atomic E-state index is -0.746. The molecule has 1 aliphatic rings. The second kappa shape index (κ2) is 8.15. The van der Waals surface area contributed by atoms with Crippen molar-refractivity contribution in [1.29, 1.82) is 0 Å². The molecular weight excluding hydrogens is 400 g/mol. The molecule has 1 atom stereocenters. The number of hydrogen-bond acceptors (Lipinski definition) is 3. The Hall–Kier alpha value is -3.60. The number of fused-ring (bicyclic) bond motifs is 1. The predicted octanol–water partition coefficient (Wildman–Crippen LogP) is 4.98. The van der Waals surface area contributed by atoms with Gasteiger partial charge < -0.3 is 15.3 Å². The lowest BCUT2D eigenvalue weighted by Gasteiger charge is -2.29. The molecule has 4 rings (SSSR count). The van der Waals surface area contributed by atoms with Gasteiger partial charge in [0.1, 0.15) is 11.8 Å². The van der Waals surface area contributed by atoms with Gasteiger partial charge in [0.2, 0.25) is 5.91 Å². The second-order valence-corrected chi connectivity index (χ2v) is 9.31. The molecule has 3 aromatic carbocycles. The molecule has 0 radical (unpaired) electrons. The van der Waals surface area contributed by atoms with E-state index >= 15 is 0 Å². The maximum absolute atomic E-state index is 13.4. The number of hydrogen-bond donors (Lipinski definition) is 2. The fraction of sp³-hybridized carbons (Fsp3) is 0.259. The monoisotopic (exact) mass is 428 g/mol. The molecule has 0 fully saturated rings. The second-order valence-electron chi connectivity index (χ2n) is 9.31. The molecule has 1 aliphatic heterocycles. The zero-order valence-electron chi connectivity index (χ0n) is 18.8. The van der Waals surface area contributed by atoms with E-state index in [2.05, 4.69) is 17.4 Å². The van der Waals surface area contributed by atoms with Crippen molar-refractivity contribution in [3.63, 3.8) is 0 Å². The average Bonchev–Trinajstić information content (AvgIpc) is 3.03. The molecule has 1 heterocycles. The van der Waals surface area contributed by atoms with Crippen LogP contribution in [-0.2, 0) is 11.3 Å². The van der Waals surface area contributed by atoms with Crippen LogP contribution in [0.2, 0.25) is 0 Å². The highest BCUT2D eigenvalue weighted by Gasteiger charge is 2.43. The minimum Gasteiger partial charge on any atom is -0.508 e. The number of nitrogens with one attached hydrogen (secondary N) is 1. The van der Waals surface area contributed by atoms with Crippen LogP contribution in [0.5, 0.6) is 5.75 Å². The summed E-state index contributed by atoms with van der Waals surface area (Å²) in [6.45, 7) is 7.75. The van der Waals surface area contributed by atoms with Gasteiger partial charge in [-0.15, -0.1) is 0 Å². The predicted molar refractivity (Wildman–Crippen MR) is 125 cm³/mol. The van der Waals surface area contributed by atoms with Crippen molar-refractivity contribution in [2.24, 2.45) is 0 Å². The van der Waals surface area contributed by atoms with Crippen molar-refractivity contribution in [3.05, 3.63) is 89.0 Å². The Morgan fingerprint density at radius 2 is 1.59 bits per heavy atom. The van der Waals surface area contributed by atoms with E-state index in [1.54, 1.807) is 24.0 Å². The van der Waals surface area contributed by atoms with Gasteiger partial charge in [-0.25, -0.2) is 0 Å². The van der Waals surface area contributed by atoms with Gasteiger partial charge in [-0.05, 0) is 56.0 Å². The Morgan fingerprint density at radius 1 is 0.969 bits per heavy atom. The van der Waals surface area contributed by atoms with Crippen LogP contribution in [0.4, 0.5) is 0 Å². The summed E-state index contributed by atoms with van der Waals surface area (Å²) >= 11 is 0. The van der Waals surface area contributed by atoms with Crippen LogP contribution in [-0.4, -0.2) is 27.4 Å². The summed E-state index contributed by atoms with van der Waals surface area (Å²) < 4.78 is 0. The molecule has 32 heavy (non-hydrogen) atoms. The van der Waals surface area contributed by atoms with Gasteiger partial charge in [0, 0.05) is 17.6 Å². The van der Waals surface area contributed by atoms with Crippen molar-refractivity contribution >= 4 is 11.8 Å². The molecule has 0 spiro atoms. The lowest BCUT2D eigenvalue weighted by molar-refractivity contribution is -0.127. The summed E-state index contributed by atoms with van der Waals surface area (Å²) in [6, 6.07) is 20.6. The van der Waals surface area contributed by atoms with Gasteiger partial charge in [0.05, 0.1) is 5.56 Å². The molecule has 0 saturated carbocycles. The van der Waals surface area contributed by atoms with Crippen LogP contribution in [0.25, 0.3) is 11.1 Å². The van der Waals surface area contributed by atoms with Gasteiger partial charge in [-0.2, -0.15) is 0 Å². The number of nitrogens with zero attached hydrogens (tertiary/aromatic N) is 1. The zero-order valence-corrected chi connectivity index (χ0v) is 18.8. The Kier molecular flexibility index (Phi) is 5.51. The van der Waals surface area contributed by atoms with E-state index in [0.29, 0.717) is 23.2 Å². The zero-order chi connectivity index (χ0) is 23.0. The van der Waals surface area contributed by atoms with Crippen LogP contribution in [0.3, 0.4) is 0 Å². The number of carbonyl (C=O) groups excluding carboxylic acids is 2. The Labute approximate surface area is 188 Å². The normalized spacial score (nSPS) is 15.6. The number of rotatable bonds is 4. The number of carbonyl (C=O) groups is 2. The van der Waals surface area contributed by atoms with Crippen molar-refractivity contribution in [2.45, 2.75) is 45.8 Å². The fourth-order valence-corrected chi connectivity index (χ4v) is 4.18. The van der Waals surface area contributed by atoms with E-state index in [1.165, 1.54) is 0 Å². The molecule has 0 aliphatic carbocycles. The summed E-state index contributed by atoms with van der Waals surface area (Å²) in [4.78, 5) is 28.2. The van der Waals surface area contributed by atoms with Crippen molar-refractivity contribution in [1.82, 2.24) is 10.2 Å². The van der Waals surface area contributed by atoms with Crippen LogP contribution < -0.4 is 5.32 Å². The smallest absolute Gasteiger partial charge is 0.255 e. The molecule has 2 amide bonds. The lowest BCUT2D eigenvalue weighted by atomic mass is 9.98. The molecule has 5 nitrogen and oxygen atoms in total. The fourth-order valence-electron chi connectivity index (χ4n) is 4.18. The number of aromatic hydroxyl groups is 1. The first-order valence-electron chi connectivity index (χ1n) is 10.8. The van der Waals surface area contributed by atoms with Crippen LogP contribution >= 0.6 is 0 Å². The standard InChI is InChI=1S/C27H28N2O3/c1-17-22(30)15-14-21-23(17)26(32)29(24(21)25(31)28-27(2,3)4)16-18-10-12-20(13-11-18)19-8-6-5-7-9-19/h5-15,24,30H,16H2,1-4H3,(H,28,31). The van der Waals surface area contributed by atoms with Crippen molar-refractivity contribution < 1.29 is 14.7 Å². The summed E-state index contributed by atoms with van der Waals surface area (Å²) in [7, 11) is 0. The van der Waals surface area contributed by atoms with E-state index in [9.17, 15) is 14.7 Å². The Morgan fingerprint density at radius 3 is 2.22 bits per heavy atom. The van der Waals surface area contributed by atoms with Crippen molar-refractivity contribution in [2.75, 3.05) is 0 Å². The van der Waals surface area contributed by atoms with Gasteiger partial charge in [-0.1, -0.05) is 60.7 Å². The van der Waals surface area contributed by atoms with E-state index < -0.39 is 11.6 Å². The lowest BCUT2D eigenvalue weighted by Crippen LogP contribution is -2.46. The third kappa shape index (κ3) is 4.11. The van der Waals surface area contributed by atoms with Gasteiger partial charge in [0.25, 0.3) is 5.91 Å². The summed E-state index contributed by atoms with van der Waals surface area (Å²) in [5.41, 5.74) is 4.26. The summed E-state index contributed by atoms with van der Waals surface area (Å²) in [6.07, 6.45) is 0. The van der Waals surface area contributed by atoms with Gasteiger partial charge in [0.15, 0.2) is 0 Å². The first kappa shape index (κ1) is 21.6. The van der Waals surface area contributed by atoms with Gasteiger partial charge in [-0.3, -0.25) is 9.59 Å². The van der Waals surface area contributed by atoms with Gasteiger partial charge >= 0.3 is 0 Å². The average molecular weight is 429 g/mol. The van der Waals surface area contributed by atoms with E-state index in [0.717, 1.165) is 16.7 Å².